The van der Waals surface area contributed by atoms with Gasteiger partial charge >= 0.3 is 0 Å². The molecule has 0 aliphatic rings. The van der Waals surface area contributed by atoms with E-state index in [4.69, 9.17) is 0 Å². The number of benzene rings is 2. The maximum absolute atomic E-state index is 13.5. The van der Waals surface area contributed by atoms with E-state index >= 15 is 0 Å². The molecule has 0 bridgehead atoms. The van der Waals surface area contributed by atoms with Crippen LogP contribution in [0.5, 0.6) is 5.75 Å². The number of aromatic hydroxyl groups is 1. The van der Waals surface area contributed by atoms with Gasteiger partial charge in [0, 0.05) is 0 Å². The molecule has 8 heteroatoms. The Labute approximate surface area is 141 Å². The lowest BCUT2D eigenvalue weighted by Gasteiger charge is -2.06. The average Bonchev–Trinajstić information content (AvgIpc) is 3.02. The molecule has 3 aromatic rings. The van der Waals surface area contributed by atoms with Gasteiger partial charge in [-0.25, -0.2) is 9.07 Å². The highest BCUT2D eigenvalue weighted by atomic mass is 19.1. The van der Waals surface area contributed by atoms with E-state index in [1.165, 1.54) is 29.1 Å². The van der Waals surface area contributed by atoms with Gasteiger partial charge in [-0.3, -0.25) is 20.4 Å². The van der Waals surface area contributed by atoms with E-state index in [1.807, 2.05) is 6.07 Å². The summed E-state index contributed by atoms with van der Waals surface area (Å²) in [5.41, 5.74) is 4.31. The van der Waals surface area contributed by atoms with E-state index in [0.29, 0.717) is 5.69 Å². The van der Waals surface area contributed by atoms with Crippen LogP contribution in [0.15, 0.2) is 60.8 Å². The quantitative estimate of drug-likeness (QED) is 0.633. The number of para-hydroxylation sites is 1. The van der Waals surface area contributed by atoms with Gasteiger partial charge in [0.1, 0.15) is 5.82 Å². The van der Waals surface area contributed by atoms with E-state index in [2.05, 4.69) is 16.0 Å². The molecule has 2 aromatic carbocycles. The molecule has 126 valence electrons. The first kappa shape index (κ1) is 16.2. The number of hydrogen-bond donors (Lipinski definition) is 3. The number of hydrazine groups is 1. The summed E-state index contributed by atoms with van der Waals surface area (Å²) in [6.45, 7) is 0. The third-order valence-corrected chi connectivity index (χ3v) is 3.34. The summed E-state index contributed by atoms with van der Waals surface area (Å²) in [4.78, 5) is 23.9. The smallest absolute Gasteiger partial charge is 0.294 e. The lowest BCUT2D eigenvalue weighted by atomic mass is 10.2. The average molecular weight is 340 g/mol. The van der Waals surface area contributed by atoms with E-state index in [-0.39, 0.29) is 17.0 Å². The van der Waals surface area contributed by atoms with Crippen LogP contribution < -0.4 is 10.9 Å². The Kier molecular flexibility index (Phi) is 4.42. The van der Waals surface area contributed by atoms with Crippen molar-refractivity contribution in [3.63, 3.8) is 0 Å². The van der Waals surface area contributed by atoms with Crippen molar-refractivity contribution < 1.29 is 19.1 Å². The number of carbonyl (C=O) groups excluding carboxylic acids is 2. The van der Waals surface area contributed by atoms with E-state index in [9.17, 15) is 19.1 Å². The second-order valence-corrected chi connectivity index (χ2v) is 5.03. The second kappa shape index (κ2) is 6.83. The summed E-state index contributed by atoms with van der Waals surface area (Å²) in [6.07, 6.45) is 1.27. The van der Waals surface area contributed by atoms with E-state index < -0.39 is 17.6 Å². The zero-order valence-corrected chi connectivity index (χ0v) is 12.8. The highest BCUT2D eigenvalue weighted by Crippen LogP contribution is 2.17. The number of hydrogen-bond acceptors (Lipinski definition) is 4. The molecule has 3 N–H and O–H groups in total. The Morgan fingerprint density at radius 2 is 1.60 bits per heavy atom. The zero-order valence-electron chi connectivity index (χ0n) is 12.8. The molecule has 0 fully saturated rings. The minimum Gasteiger partial charge on any atom is -0.504 e. The van der Waals surface area contributed by atoms with Gasteiger partial charge < -0.3 is 5.11 Å². The molecule has 0 aliphatic carbocycles. The van der Waals surface area contributed by atoms with Crippen LogP contribution in [0.2, 0.25) is 0 Å². The minimum absolute atomic E-state index is 0.221. The number of aromatic nitrogens is 2. The Bertz CT molecular complexity index is 925. The number of halogens is 1. The van der Waals surface area contributed by atoms with Crippen molar-refractivity contribution in [2.24, 2.45) is 0 Å². The lowest BCUT2D eigenvalue weighted by molar-refractivity contribution is 0.0839. The SMILES string of the molecule is O=C(NNC(=O)c1nn(-c2ccccc2)cc1O)c1ccccc1F. The van der Waals surface area contributed by atoms with E-state index in [1.54, 1.807) is 24.3 Å². The Morgan fingerprint density at radius 3 is 2.32 bits per heavy atom. The van der Waals surface area contributed by atoms with Gasteiger partial charge in [0.2, 0.25) is 0 Å². The molecule has 0 unspecified atom stereocenters. The highest BCUT2D eigenvalue weighted by Gasteiger charge is 2.18. The summed E-state index contributed by atoms with van der Waals surface area (Å²) in [7, 11) is 0. The second-order valence-electron chi connectivity index (χ2n) is 5.03. The third kappa shape index (κ3) is 3.47. The van der Waals surface area contributed by atoms with Crippen LogP contribution in [-0.4, -0.2) is 26.7 Å². The van der Waals surface area contributed by atoms with Crippen LogP contribution >= 0.6 is 0 Å². The fourth-order valence-corrected chi connectivity index (χ4v) is 2.12. The maximum atomic E-state index is 13.5. The molecule has 7 nitrogen and oxygen atoms in total. The molecular formula is C17H13FN4O3. The monoisotopic (exact) mass is 340 g/mol. The van der Waals surface area contributed by atoms with Crippen molar-refractivity contribution in [3.05, 3.63) is 77.9 Å². The number of nitrogens with zero attached hydrogens (tertiary/aromatic N) is 2. The van der Waals surface area contributed by atoms with Gasteiger partial charge in [0.05, 0.1) is 17.4 Å². The zero-order chi connectivity index (χ0) is 17.8. The number of carbonyl (C=O) groups is 2. The van der Waals surface area contributed by atoms with Crippen molar-refractivity contribution in [2.75, 3.05) is 0 Å². The van der Waals surface area contributed by atoms with Gasteiger partial charge in [0.15, 0.2) is 11.4 Å². The lowest BCUT2D eigenvalue weighted by Crippen LogP contribution is -2.42. The number of nitrogens with one attached hydrogen (secondary N) is 2. The molecule has 0 radical (unpaired) electrons. The van der Waals surface area contributed by atoms with Crippen LogP contribution in [-0.2, 0) is 0 Å². The van der Waals surface area contributed by atoms with Crippen LogP contribution in [0.1, 0.15) is 20.8 Å². The van der Waals surface area contributed by atoms with Gasteiger partial charge in [0.25, 0.3) is 11.8 Å². The first-order valence-electron chi connectivity index (χ1n) is 7.25. The predicted molar refractivity (Wildman–Crippen MR) is 86.6 cm³/mol. The maximum Gasteiger partial charge on any atom is 0.294 e. The Hall–Kier alpha value is -3.68. The highest BCUT2D eigenvalue weighted by molar-refractivity contribution is 5.99. The summed E-state index contributed by atoms with van der Waals surface area (Å²) in [5, 5.41) is 13.9. The van der Waals surface area contributed by atoms with Crippen molar-refractivity contribution >= 4 is 11.8 Å². The molecule has 0 aliphatic heterocycles. The normalized spacial score (nSPS) is 10.3. The predicted octanol–water partition coefficient (Wildman–Crippen LogP) is 1.79. The molecule has 0 spiro atoms. The van der Waals surface area contributed by atoms with Crippen LogP contribution in [0.3, 0.4) is 0 Å². The first-order valence-corrected chi connectivity index (χ1v) is 7.25. The van der Waals surface area contributed by atoms with Crippen LogP contribution in [0.4, 0.5) is 4.39 Å². The summed E-state index contributed by atoms with van der Waals surface area (Å²) >= 11 is 0. The molecule has 0 atom stereocenters. The third-order valence-electron chi connectivity index (χ3n) is 3.34. The fourth-order valence-electron chi connectivity index (χ4n) is 2.12. The molecule has 25 heavy (non-hydrogen) atoms. The first-order chi connectivity index (χ1) is 12.1. The summed E-state index contributed by atoms with van der Waals surface area (Å²) < 4.78 is 14.8. The number of rotatable bonds is 3. The molecule has 3 rings (SSSR count). The largest absolute Gasteiger partial charge is 0.504 e. The molecular weight excluding hydrogens is 327 g/mol. The van der Waals surface area contributed by atoms with Crippen molar-refractivity contribution in [1.29, 1.82) is 0 Å². The van der Waals surface area contributed by atoms with Crippen molar-refractivity contribution in [2.45, 2.75) is 0 Å². The fraction of sp³-hybridized carbons (Fsp3) is 0. The van der Waals surface area contributed by atoms with Crippen LogP contribution in [0, 0.1) is 5.82 Å². The Balaban J connectivity index is 1.71. The van der Waals surface area contributed by atoms with E-state index in [0.717, 1.165) is 6.07 Å². The van der Waals surface area contributed by atoms with Gasteiger partial charge in [-0.2, -0.15) is 5.10 Å². The van der Waals surface area contributed by atoms with Crippen LogP contribution in [0.25, 0.3) is 5.69 Å². The summed E-state index contributed by atoms with van der Waals surface area (Å²) in [6, 6.07) is 14.2. The van der Waals surface area contributed by atoms with Gasteiger partial charge in [-0.1, -0.05) is 30.3 Å². The molecule has 0 saturated carbocycles. The molecule has 0 saturated heterocycles. The van der Waals surface area contributed by atoms with Gasteiger partial charge in [-0.05, 0) is 24.3 Å². The Morgan fingerprint density at radius 1 is 0.960 bits per heavy atom. The molecule has 2 amide bonds. The van der Waals surface area contributed by atoms with Crippen molar-refractivity contribution in [3.8, 4) is 11.4 Å². The summed E-state index contributed by atoms with van der Waals surface area (Å²) in [5.74, 6) is -2.74. The minimum atomic E-state index is -0.836. The standard InChI is InChI=1S/C17H13FN4O3/c18-13-9-5-4-8-12(13)16(24)19-20-17(25)15-14(23)10-22(21-15)11-6-2-1-3-7-11/h1-10,23H,(H,19,24)(H,20,25). The van der Waals surface area contributed by atoms with Crippen molar-refractivity contribution in [1.82, 2.24) is 20.6 Å². The molecule has 1 heterocycles. The molecule has 1 aromatic heterocycles. The topological polar surface area (TPSA) is 96.3 Å². The van der Waals surface area contributed by atoms with Gasteiger partial charge in [-0.15, -0.1) is 0 Å². The number of amides is 2.